The molecule has 0 aromatic heterocycles. The first-order valence-electron chi connectivity index (χ1n) is 9.81. The van der Waals surface area contributed by atoms with Crippen LogP contribution >= 0.6 is 0 Å². The van der Waals surface area contributed by atoms with Crippen LogP contribution in [0, 0.1) is 0 Å². The van der Waals surface area contributed by atoms with E-state index in [0.29, 0.717) is 25.2 Å². The van der Waals surface area contributed by atoms with Gasteiger partial charge in [0.15, 0.2) is 0 Å². The summed E-state index contributed by atoms with van der Waals surface area (Å²) in [5.41, 5.74) is 0.275. The normalized spacial score (nSPS) is 11.7. The number of nitrogens with one attached hydrogen (secondary N) is 3. The van der Waals surface area contributed by atoms with Gasteiger partial charge in [0.1, 0.15) is 11.2 Å². The van der Waals surface area contributed by atoms with Crippen LogP contribution in [0.2, 0.25) is 0 Å². The molecule has 8 nitrogen and oxygen atoms in total. The van der Waals surface area contributed by atoms with Crippen LogP contribution in [0.4, 0.5) is 9.59 Å². The molecule has 30 heavy (non-hydrogen) atoms. The van der Waals surface area contributed by atoms with Gasteiger partial charge in [-0.15, -0.1) is 0 Å². The first-order chi connectivity index (χ1) is 13.9. The second-order valence-electron chi connectivity index (χ2n) is 8.62. The maximum atomic E-state index is 12.2. The minimum Gasteiger partial charge on any atom is -0.444 e. The summed E-state index contributed by atoms with van der Waals surface area (Å²) in [5, 5.41) is 8.03. The predicted molar refractivity (Wildman–Crippen MR) is 115 cm³/mol. The van der Waals surface area contributed by atoms with E-state index in [0.717, 1.165) is 5.56 Å². The van der Waals surface area contributed by atoms with Crippen LogP contribution < -0.4 is 16.0 Å². The quantitative estimate of drug-likeness (QED) is 0.587. The fourth-order valence-electron chi connectivity index (χ4n) is 2.14. The molecular formula is C22H33N3O5. The molecule has 0 radical (unpaired) electrons. The van der Waals surface area contributed by atoms with Crippen molar-refractivity contribution in [2.24, 2.45) is 0 Å². The number of hydrogen-bond donors (Lipinski definition) is 3. The lowest BCUT2D eigenvalue weighted by Gasteiger charge is -2.19. The first-order valence-corrected chi connectivity index (χ1v) is 9.81. The lowest BCUT2D eigenvalue weighted by atomic mass is 10.1. The lowest BCUT2D eigenvalue weighted by Crippen LogP contribution is -2.32. The van der Waals surface area contributed by atoms with Crippen LogP contribution in [0.3, 0.4) is 0 Å². The van der Waals surface area contributed by atoms with Crippen LogP contribution in [0.1, 0.15) is 57.5 Å². The number of amides is 3. The fourth-order valence-corrected chi connectivity index (χ4v) is 2.14. The highest BCUT2D eigenvalue weighted by Crippen LogP contribution is 2.08. The van der Waals surface area contributed by atoms with Crippen LogP contribution in [0.25, 0.3) is 0 Å². The van der Waals surface area contributed by atoms with Crippen molar-refractivity contribution in [3.05, 3.63) is 47.5 Å². The molecule has 0 aliphatic rings. The van der Waals surface area contributed by atoms with Crippen molar-refractivity contribution in [2.45, 2.75) is 59.3 Å². The maximum Gasteiger partial charge on any atom is 0.407 e. The number of hydrogen-bond acceptors (Lipinski definition) is 5. The van der Waals surface area contributed by atoms with E-state index in [4.69, 9.17) is 9.47 Å². The summed E-state index contributed by atoms with van der Waals surface area (Å²) in [6.07, 6.45) is 2.50. The molecule has 0 fully saturated rings. The Kier molecular flexibility index (Phi) is 9.36. The molecule has 0 saturated carbocycles. The van der Waals surface area contributed by atoms with Crippen molar-refractivity contribution in [3.8, 4) is 0 Å². The molecule has 166 valence electrons. The number of rotatable bonds is 7. The Labute approximate surface area is 178 Å². The predicted octanol–water partition coefficient (Wildman–Crippen LogP) is 3.52. The van der Waals surface area contributed by atoms with Gasteiger partial charge in [0, 0.05) is 25.2 Å². The van der Waals surface area contributed by atoms with Gasteiger partial charge in [-0.25, -0.2) is 9.59 Å². The average Bonchev–Trinajstić information content (AvgIpc) is 2.60. The second-order valence-corrected chi connectivity index (χ2v) is 8.62. The zero-order valence-electron chi connectivity index (χ0n) is 18.6. The summed E-state index contributed by atoms with van der Waals surface area (Å²) >= 11 is 0. The Morgan fingerprint density at radius 3 is 1.73 bits per heavy atom. The Balaban J connectivity index is 2.33. The zero-order chi connectivity index (χ0) is 22.8. The van der Waals surface area contributed by atoms with E-state index in [1.54, 1.807) is 78.0 Å². The van der Waals surface area contributed by atoms with Crippen LogP contribution in [-0.4, -0.2) is 42.4 Å². The van der Waals surface area contributed by atoms with E-state index < -0.39 is 23.4 Å². The van der Waals surface area contributed by atoms with Gasteiger partial charge in [-0.05, 0) is 59.2 Å². The third kappa shape index (κ3) is 11.7. The molecule has 1 aromatic carbocycles. The molecule has 0 aliphatic heterocycles. The smallest absolute Gasteiger partial charge is 0.407 e. The fraction of sp³-hybridized carbons (Fsp3) is 0.500. The van der Waals surface area contributed by atoms with Gasteiger partial charge in [-0.3, -0.25) is 4.79 Å². The molecule has 0 heterocycles. The van der Waals surface area contributed by atoms with Gasteiger partial charge in [0.25, 0.3) is 5.91 Å². The van der Waals surface area contributed by atoms with Crippen molar-refractivity contribution >= 4 is 18.1 Å². The van der Waals surface area contributed by atoms with E-state index in [-0.39, 0.29) is 5.91 Å². The van der Waals surface area contributed by atoms with E-state index in [1.807, 2.05) is 0 Å². The Morgan fingerprint density at radius 1 is 0.767 bits per heavy atom. The molecule has 1 aromatic rings. The molecule has 3 amide bonds. The van der Waals surface area contributed by atoms with Gasteiger partial charge in [-0.2, -0.15) is 0 Å². The number of ether oxygens (including phenoxy) is 2. The van der Waals surface area contributed by atoms with E-state index in [9.17, 15) is 14.4 Å². The third-order valence-electron chi connectivity index (χ3n) is 3.36. The summed E-state index contributed by atoms with van der Waals surface area (Å²) in [7, 11) is 0. The van der Waals surface area contributed by atoms with Crippen molar-refractivity contribution in [3.63, 3.8) is 0 Å². The highest BCUT2D eigenvalue weighted by molar-refractivity contribution is 5.94. The highest BCUT2D eigenvalue weighted by Gasteiger charge is 2.16. The number of carbonyl (C=O) groups is 3. The molecule has 0 aliphatic carbocycles. The number of carbonyl (C=O) groups excluding carboxylic acids is 3. The van der Waals surface area contributed by atoms with Gasteiger partial charge >= 0.3 is 12.2 Å². The van der Waals surface area contributed by atoms with Gasteiger partial charge in [0.2, 0.25) is 0 Å². The van der Waals surface area contributed by atoms with E-state index >= 15 is 0 Å². The topological polar surface area (TPSA) is 106 Å². The molecule has 1 rings (SSSR count). The molecule has 0 saturated heterocycles. The molecule has 3 N–H and O–H groups in total. The summed E-state index contributed by atoms with van der Waals surface area (Å²) in [4.78, 5) is 35.3. The SMILES string of the molecule is CC(C)(C)OC(=O)NC/C=C/CNC(=O)c1ccc(CNC(=O)OC(C)(C)C)cc1. The van der Waals surface area contributed by atoms with Crippen molar-refractivity contribution < 1.29 is 23.9 Å². The third-order valence-corrected chi connectivity index (χ3v) is 3.36. The van der Waals surface area contributed by atoms with Crippen molar-refractivity contribution in [2.75, 3.05) is 13.1 Å². The van der Waals surface area contributed by atoms with Crippen LogP contribution in [-0.2, 0) is 16.0 Å². The van der Waals surface area contributed by atoms with Gasteiger partial charge in [0.05, 0.1) is 0 Å². The molecule has 8 heteroatoms. The summed E-state index contributed by atoms with van der Waals surface area (Å²) in [6, 6.07) is 6.92. The van der Waals surface area contributed by atoms with Crippen molar-refractivity contribution in [1.82, 2.24) is 16.0 Å². The molecule has 0 bridgehead atoms. The Hall–Kier alpha value is -3.03. The minimum absolute atomic E-state index is 0.216. The largest absolute Gasteiger partial charge is 0.444 e. The first kappa shape index (κ1) is 25.0. The summed E-state index contributed by atoms with van der Waals surface area (Å²) in [6.45, 7) is 11.7. The standard InChI is InChI=1S/C22H33N3O5/c1-21(2,3)29-19(27)24-14-8-7-13-23-18(26)17-11-9-16(10-12-17)15-25-20(28)30-22(4,5)6/h7-12H,13-15H2,1-6H3,(H,23,26)(H,24,27)(H,25,28)/b8-7+. The summed E-state index contributed by atoms with van der Waals surface area (Å²) in [5.74, 6) is -0.216. The summed E-state index contributed by atoms with van der Waals surface area (Å²) < 4.78 is 10.3. The number of alkyl carbamates (subject to hydrolysis) is 2. The average molecular weight is 420 g/mol. The maximum absolute atomic E-state index is 12.2. The second kappa shape index (κ2) is 11.2. The minimum atomic E-state index is -0.549. The van der Waals surface area contributed by atoms with Gasteiger partial charge < -0.3 is 25.4 Å². The van der Waals surface area contributed by atoms with Crippen molar-refractivity contribution in [1.29, 1.82) is 0 Å². The van der Waals surface area contributed by atoms with E-state index in [2.05, 4.69) is 16.0 Å². The van der Waals surface area contributed by atoms with Crippen LogP contribution in [0.5, 0.6) is 0 Å². The van der Waals surface area contributed by atoms with Gasteiger partial charge in [-0.1, -0.05) is 24.3 Å². The van der Waals surface area contributed by atoms with E-state index in [1.165, 1.54) is 0 Å². The number of benzene rings is 1. The Bertz CT molecular complexity index is 744. The van der Waals surface area contributed by atoms with Crippen LogP contribution in [0.15, 0.2) is 36.4 Å². The molecular weight excluding hydrogens is 386 g/mol. The molecule has 0 unspecified atom stereocenters. The highest BCUT2D eigenvalue weighted by atomic mass is 16.6. The monoisotopic (exact) mass is 419 g/mol. The Morgan fingerprint density at radius 2 is 1.23 bits per heavy atom. The zero-order valence-corrected chi connectivity index (χ0v) is 18.6. The molecule has 0 spiro atoms. The molecule has 0 atom stereocenters. The lowest BCUT2D eigenvalue weighted by molar-refractivity contribution is 0.0516.